The molecule has 106 valence electrons. The second-order valence-corrected chi connectivity index (χ2v) is 6.63. The van der Waals surface area contributed by atoms with Crippen molar-refractivity contribution in [3.63, 3.8) is 0 Å². The molecule has 5 heteroatoms. The first-order valence-corrected chi connectivity index (χ1v) is 6.61. The molecule has 0 amide bonds. The zero-order valence-electron chi connectivity index (χ0n) is 12.4. The van der Waals surface area contributed by atoms with Crippen LogP contribution in [0.1, 0.15) is 34.1 Å². The zero-order chi connectivity index (χ0) is 14.0. The topological polar surface area (TPSA) is 65.1 Å². The number of rotatable bonds is 4. The van der Waals surface area contributed by atoms with Crippen LogP contribution in [0.5, 0.6) is 0 Å². The molecule has 0 spiro atoms. The molecule has 1 rings (SSSR count). The molecule has 1 heterocycles. The number of hydrogen-bond donors (Lipinski definition) is 2. The highest BCUT2D eigenvalue weighted by Crippen LogP contribution is 2.24. The Balaban J connectivity index is 2.50. The van der Waals surface area contributed by atoms with Crippen molar-refractivity contribution in [3.8, 4) is 0 Å². The Bertz CT molecular complexity index is 312. The fourth-order valence-corrected chi connectivity index (χ4v) is 2.23. The molecule has 0 radical (unpaired) electrons. The van der Waals surface area contributed by atoms with Gasteiger partial charge in [-0.2, -0.15) is 0 Å². The molecule has 0 saturated carbocycles. The number of piperazine rings is 1. The predicted molar refractivity (Wildman–Crippen MR) is 75.0 cm³/mol. The summed E-state index contributed by atoms with van der Waals surface area (Å²) in [7, 11) is 2.18. The van der Waals surface area contributed by atoms with Crippen molar-refractivity contribution in [1.82, 2.24) is 9.80 Å². The van der Waals surface area contributed by atoms with Crippen molar-refractivity contribution < 1.29 is 5.21 Å². The lowest BCUT2D eigenvalue weighted by Gasteiger charge is -2.46. The normalized spacial score (nSPS) is 23.3. The maximum absolute atomic E-state index is 8.77. The van der Waals surface area contributed by atoms with E-state index in [9.17, 15) is 0 Å². The molecule has 0 aliphatic carbocycles. The molecule has 0 aromatic carbocycles. The van der Waals surface area contributed by atoms with Gasteiger partial charge >= 0.3 is 0 Å². The van der Waals surface area contributed by atoms with Gasteiger partial charge in [-0.15, -0.1) is 0 Å². The van der Waals surface area contributed by atoms with Crippen molar-refractivity contribution >= 4 is 5.84 Å². The molecule has 1 saturated heterocycles. The molecule has 18 heavy (non-hydrogen) atoms. The largest absolute Gasteiger partial charge is 0.409 e. The highest BCUT2D eigenvalue weighted by molar-refractivity contribution is 5.85. The summed E-state index contributed by atoms with van der Waals surface area (Å²) in [6, 6.07) is 0. The Morgan fingerprint density at radius 1 is 1.39 bits per heavy atom. The van der Waals surface area contributed by atoms with Gasteiger partial charge in [0, 0.05) is 30.6 Å². The van der Waals surface area contributed by atoms with Crippen LogP contribution in [-0.4, -0.2) is 59.6 Å². The first-order chi connectivity index (χ1) is 8.19. The average molecular weight is 256 g/mol. The molecule has 0 aromatic rings. The number of amidine groups is 1. The van der Waals surface area contributed by atoms with Crippen molar-refractivity contribution in [1.29, 1.82) is 0 Å². The third-order valence-corrected chi connectivity index (χ3v) is 4.25. The van der Waals surface area contributed by atoms with Crippen LogP contribution in [0.25, 0.3) is 0 Å². The van der Waals surface area contributed by atoms with E-state index in [1.165, 1.54) is 0 Å². The Labute approximate surface area is 111 Å². The van der Waals surface area contributed by atoms with E-state index in [1.54, 1.807) is 0 Å². The Morgan fingerprint density at radius 2 is 2.00 bits per heavy atom. The van der Waals surface area contributed by atoms with E-state index in [1.807, 2.05) is 13.8 Å². The predicted octanol–water partition coefficient (Wildman–Crippen LogP) is 1.18. The Hall–Kier alpha value is -0.810. The minimum absolute atomic E-state index is 0.221. The van der Waals surface area contributed by atoms with E-state index in [4.69, 9.17) is 10.9 Å². The van der Waals surface area contributed by atoms with Crippen molar-refractivity contribution in [2.45, 2.75) is 39.7 Å². The number of oxime groups is 1. The van der Waals surface area contributed by atoms with Crippen molar-refractivity contribution in [2.24, 2.45) is 16.3 Å². The summed E-state index contributed by atoms with van der Waals surface area (Å²) in [4.78, 5) is 4.87. The second kappa shape index (κ2) is 5.45. The van der Waals surface area contributed by atoms with E-state index in [0.29, 0.717) is 5.84 Å². The maximum Gasteiger partial charge on any atom is 0.144 e. The summed E-state index contributed by atoms with van der Waals surface area (Å²) < 4.78 is 0. The first kappa shape index (κ1) is 15.2. The Morgan fingerprint density at radius 3 is 2.50 bits per heavy atom. The van der Waals surface area contributed by atoms with Crippen LogP contribution < -0.4 is 5.73 Å². The van der Waals surface area contributed by atoms with Gasteiger partial charge in [0.2, 0.25) is 0 Å². The molecule has 5 nitrogen and oxygen atoms in total. The molecule has 0 bridgehead atoms. The third-order valence-electron chi connectivity index (χ3n) is 4.25. The van der Waals surface area contributed by atoms with Gasteiger partial charge in [0.05, 0.1) is 0 Å². The van der Waals surface area contributed by atoms with E-state index >= 15 is 0 Å². The Kier molecular flexibility index (Phi) is 4.61. The monoisotopic (exact) mass is 256 g/mol. The molecular weight excluding hydrogens is 228 g/mol. The highest BCUT2D eigenvalue weighted by atomic mass is 16.4. The van der Waals surface area contributed by atoms with Gasteiger partial charge in [-0.1, -0.05) is 19.0 Å². The van der Waals surface area contributed by atoms with Crippen molar-refractivity contribution in [2.75, 3.05) is 33.2 Å². The minimum atomic E-state index is -0.248. The number of likely N-dealkylation sites (N-methyl/N-ethyl adjacent to an activating group) is 1. The summed E-state index contributed by atoms with van der Waals surface area (Å²) in [5.74, 6) is 0.316. The number of hydrogen-bond acceptors (Lipinski definition) is 4. The average Bonchev–Trinajstić information content (AvgIpc) is 2.29. The van der Waals surface area contributed by atoms with E-state index in [2.05, 4.69) is 35.9 Å². The standard InChI is InChI=1S/C13H28N4O/c1-12(2,11(14)15-18)6-7-17-9-8-16(5)13(3,4)10-17/h18H,6-10H2,1-5H3,(H2,14,15). The fraction of sp³-hybridized carbons (Fsp3) is 0.923. The summed E-state index contributed by atoms with van der Waals surface area (Å²) in [6.45, 7) is 12.8. The van der Waals surface area contributed by atoms with Crippen LogP contribution in [0.2, 0.25) is 0 Å². The van der Waals surface area contributed by atoms with Crippen LogP contribution in [0, 0.1) is 5.41 Å². The van der Waals surface area contributed by atoms with Crippen LogP contribution in [0.4, 0.5) is 0 Å². The van der Waals surface area contributed by atoms with Gasteiger partial charge < -0.3 is 15.8 Å². The highest BCUT2D eigenvalue weighted by Gasteiger charge is 2.32. The molecule has 3 N–H and O–H groups in total. The molecule has 0 atom stereocenters. The van der Waals surface area contributed by atoms with Crippen LogP contribution in [0.15, 0.2) is 5.16 Å². The second-order valence-electron chi connectivity index (χ2n) is 6.63. The molecule has 0 aromatic heterocycles. The molecule has 1 fully saturated rings. The number of nitrogens with two attached hydrogens (primary N) is 1. The van der Waals surface area contributed by atoms with Gasteiger partial charge in [-0.05, 0) is 33.9 Å². The summed E-state index contributed by atoms with van der Waals surface area (Å²) in [5.41, 5.74) is 5.69. The van der Waals surface area contributed by atoms with Crippen LogP contribution in [0.3, 0.4) is 0 Å². The molecule has 1 aliphatic rings. The van der Waals surface area contributed by atoms with E-state index in [0.717, 1.165) is 32.6 Å². The summed E-state index contributed by atoms with van der Waals surface area (Å²) >= 11 is 0. The fourth-order valence-electron chi connectivity index (χ4n) is 2.23. The van der Waals surface area contributed by atoms with Crippen LogP contribution in [-0.2, 0) is 0 Å². The summed E-state index contributed by atoms with van der Waals surface area (Å²) in [6.07, 6.45) is 0.905. The van der Waals surface area contributed by atoms with E-state index in [-0.39, 0.29) is 11.0 Å². The lowest BCUT2D eigenvalue weighted by atomic mass is 9.87. The quantitative estimate of drug-likeness (QED) is 0.343. The number of nitrogens with zero attached hydrogens (tertiary/aromatic N) is 3. The van der Waals surface area contributed by atoms with E-state index < -0.39 is 0 Å². The SMILES string of the molecule is CN1CCN(CCC(C)(C)C(N)=NO)CC1(C)C. The summed E-state index contributed by atoms with van der Waals surface area (Å²) in [5, 5.41) is 11.9. The van der Waals surface area contributed by atoms with Gasteiger partial charge in [-0.3, -0.25) is 4.90 Å². The van der Waals surface area contributed by atoms with Gasteiger partial charge in [0.25, 0.3) is 0 Å². The molecular formula is C13H28N4O. The lowest BCUT2D eigenvalue weighted by molar-refractivity contribution is 0.0365. The third kappa shape index (κ3) is 3.59. The molecule has 1 aliphatic heterocycles. The van der Waals surface area contributed by atoms with Gasteiger partial charge in [0.15, 0.2) is 0 Å². The smallest absolute Gasteiger partial charge is 0.144 e. The van der Waals surface area contributed by atoms with Crippen LogP contribution >= 0.6 is 0 Å². The lowest BCUT2D eigenvalue weighted by Crippen LogP contribution is -2.58. The molecule has 0 unspecified atom stereocenters. The first-order valence-electron chi connectivity index (χ1n) is 6.61. The maximum atomic E-state index is 8.77. The minimum Gasteiger partial charge on any atom is -0.409 e. The zero-order valence-corrected chi connectivity index (χ0v) is 12.4. The van der Waals surface area contributed by atoms with Crippen molar-refractivity contribution in [3.05, 3.63) is 0 Å². The van der Waals surface area contributed by atoms with Gasteiger partial charge in [-0.25, -0.2) is 0 Å². The van der Waals surface area contributed by atoms with Gasteiger partial charge in [0.1, 0.15) is 5.84 Å².